The Hall–Kier alpha value is -3.60. The van der Waals surface area contributed by atoms with E-state index in [9.17, 15) is 14.9 Å². The number of ketones is 1. The summed E-state index contributed by atoms with van der Waals surface area (Å²) in [7, 11) is 0. The predicted octanol–water partition coefficient (Wildman–Crippen LogP) is 2.99. The minimum Gasteiger partial charge on any atom is -0.292 e. The van der Waals surface area contributed by atoms with Gasteiger partial charge in [-0.2, -0.15) is 9.78 Å². The zero-order valence-corrected chi connectivity index (χ0v) is 15.8. The molecule has 0 bridgehead atoms. The van der Waals surface area contributed by atoms with Crippen molar-refractivity contribution in [2.45, 2.75) is 19.0 Å². The lowest BCUT2D eigenvalue weighted by Gasteiger charge is -2.06. The number of aromatic nitrogens is 4. The molecule has 0 aliphatic carbocycles. The number of hydrazone groups is 1. The summed E-state index contributed by atoms with van der Waals surface area (Å²) in [6, 6.07) is 13.4. The summed E-state index contributed by atoms with van der Waals surface area (Å²) in [5.74, 6) is -0.304. The fraction of sp³-hybridized carbons (Fsp3) is 0.118. The first-order chi connectivity index (χ1) is 13.4. The van der Waals surface area contributed by atoms with Gasteiger partial charge in [0.15, 0.2) is 10.8 Å². The quantitative estimate of drug-likeness (QED) is 0.221. The van der Waals surface area contributed by atoms with Crippen LogP contribution in [0.5, 0.6) is 0 Å². The number of hydrogen-bond donors (Lipinski definition) is 1. The first-order valence-electron chi connectivity index (χ1n) is 8.06. The minimum absolute atomic E-state index is 0.0828. The van der Waals surface area contributed by atoms with Crippen LogP contribution in [0.2, 0.25) is 0 Å². The predicted molar refractivity (Wildman–Crippen MR) is 105 cm³/mol. The standard InChI is InChI=1S/C17H15N7O3S/c1-11-6-8-14(9-7-11)23-17(20-21-22-23)28-16(12(2)25)19-18-13-4-3-5-15(10-13)24(26)27/h3-10,18H,1-2H3/b19-16+. The molecule has 10 nitrogen and oxygen atoms in total. The van der Waals surface area contributed by atoms with Crippen LogP contribution in [0.15, 0.2) is 58.8 Å². The summed E-state index contributed by atoms with van der Waals surface area (Å²) in [5, 5.41) is 27.0. The van der Waals surface area contributed by atoms with E-state index in [1.54, 1.807) is 6.07 Å². The average Bonchev–Trinajstić information content (AvgIpc) is 3.14. The van der Waals surface area contributed by atoms with Crippen LogP contribution in [0.1, 0.15) is 12.5 Å². The highest BCUT2D eigenvalue weighted by Crippen LogP contribution is 2.22. The molecule has 0 saturated heterocycles. The van der Waals surface area contributed by atoms with Crippen molar-refractivity contribution in [2.24, 2.45) is 5.10 Å². The third-order valence-corrected chi connectivity index (χ3v) is 4.56. The maximum atomic E-state index is 12.0. The molecule has 1 heterocycles. The van der Waals surface area contributed by atoms with Crippen molar-refractivity contribution >= 4 is 34.0 Å². The Balaban J connectivity index is 1.83. The summed E-state index contributed by atoms with van der Waals surface area (Å²) in [4.78, 5) is 22.3. The van der Waals surface area contributed by atoms with Crippen molar-refractivity contribution in [3.05, 3.63) is 64.2 Å². The smallest absolute Gasteiger partial charge is 0.271 e. The molecule has 28 heavy (non-hydrogen) atoms. The van der Waals surface area contributed by atoms with Gasteiger partial charge in [0.2, 0.25) is 5.16 Å². The van der Waals surface area contributed by atoms with E-state index in [-0.39, 0.29) is 16.5 Å². The van der Waals surface area contributed by atoms with Crippen LogP contribution in [0.3, 0.4) is 0 Å². The summed E-state index contributed by atoms with van der Waals surface area (Å²) in [5.41, 5.74) is 4.80. The highest BCUT2D eigenvalue weighted by molar-refractivity contribution is 8.15. The Morgan fingerprint density at radius 1 is 1.25 bits per heavy atom. The summed E-state index contributed by atoms with van der Waals surface area (Å²) < 4.78 is 1.50. The molecule has 0 fully saturated rings. The van der Waals surface area contributed by atoms with Crippen LogP contribution >= 0.6 is 11.8 Å². The van der Waals surface area contributed by atoms with E-state index in [0.717, 1.165) is 23.0 Å². The van der Waals surface area contributed by atoms with Crippen molar-refractivity contribution < 1.29 is 9.72 Å². The molecule has 1 N–H and O–H groups in total. The number of non-ortho nitro benzene ring substituents is 1. The Labute approximate surface area is 163 Å². The van der Waals surface area contributed by atoms with Crippen LogP contribution in [0.25, 0.3) is 5.69 Å². The minimum atomic E-state index is -0.509. The molecule has 3 rings (SSSR count). The third kappa shape index (κ3) is 4.57. The molecule has 2 aromatic carbocycles. The van der Waals surface area contributed by atoms with Gasteiger partial charge in [0, 0.05) is 19.1 Å². The van der Waals surface area contributed by atoms with Crippen molar-refractivity contribution in [3.63, 3.8) is 0 Å². The van der Waals surface area contributed by atoms with E-state index < -0.39 is 4.92 Å². The van der Waals surface area contributed by atoms with Crippen molar-refractivity contribution in [1.29, 1.82) is 0 Å². The number of carbonyl (C=O) groups is 1. The lowest BCUT2D eigenvalue weighted by molar-refractivity contribution is -0.384. The average molecular weight is 397 g/mol. The van der Waals surface area contributed by atoms with Gasteiger partial charge >= 0.3 is 0 Å². The van der Waals surface area contributed by atoms with E-state index in [4.69, 9.17) is 0 Å². The van der Waals surface area contributed by atoms with E-state index in [1.165, 1.54) is 29.8 Å². The number of nitrogens with one attached hydrogen (secondary N) is 1. The second kappa shape index (κ2) is 8.39. The fourth-order valence-corrected chi connectivity index (χ4v) is 2.87. The number of Topliss-reactive ketones (excluding diaryl/α,β-unsaturated/α-hetero) is 1. The molecule has 0 spiro atoms. The van der Waals surface area contributed by atoms with Gasteiger partial charge in [0.05, 0.1) is 16.3 Å². The van der Waals surface area contributed by atoms with Crippen molar-refractivity contribution in [1.82, 2.24) is 20.2 Å². The molecular formula is C17H15N7O3S. The van der Waals surface area contributed by atoms with Gasteiger partial charge in [0.1, 0.15) is 0 Å². The van der Waals surface area contributed by atoms with E-state index in [0.29, 0.717) is 10.8 Å². The van der Waals surface area contributed by atoms with Crippen molar-refractivity contribution in [2.75, 3.05) is 5.43 Å². The van der Waals surface area contributed by atoms with Gasteiger partial charge in [-0.25, -0.2) is 0 Å². The molecule has 142 valence electrons. The first kappa shape index (κ1) is 19.2. The van der Waals surface area contributed by atoms with Gasteiger partial charge in [-0.05, 0) is 47.3 Å². The van der Waals surface area contributed by atoms with Gasteiger partial charge in [-0.3, -0.25) is 20.3 Å². The number of benzene rings is 2. The van der Waals surface area contributed by atoms with E-state index in [2.05, 4.69) is 26.1 Å². The highest BCUT2D eigenvalue weighted by atomic mass is 32.2. The molecule has 1 aromatic heterocycles. The topological polar surface area (TPSA) is 128 Å². The Morgan fingerprint density at radius 2 is 2.00 bits per heavy atom. The second-order valence-electron chi connectivity index (χ2n) is 5.70. The monoisotopic (exact) mass is 397 g/mol. The maximum Gasteiger partial charge on any atom is 0.271 e. The maximum absolute atomic E-state index is 12.0. The van der Waals surface area contributed by atoms with Gasteiger partial charge < -0.3 is 0 Å². The Kier molecular flexibility index (Phi) is 5.75. The molecule has 11 heteroatoms. The van der Waals surface area contributed by atoms with Crippen LogP contribution in [0.4, 0.5) is 11.4 Å². The number of tetrazole rings is 1. The van der Waals surface area contributed by atoms with E-state index in [1.807, 2.05) is 31.2 Å². The number of nitrogens with zero attached hydrogens (tertiary/aromatic N) is 6. The van der Waals surface area contributed by atoms with Gasteiger partial charge in [-0.15, -0.1) is 5.10 Å². The summed E-state index contributed by atoms with van der Waals surface area (Å²) in [6.07, 6.45) is 0. The summed E-state index contributed by atoms with van der Waals surface area (Å²) in [6.45, 7) is 3.33. The zero-order valence-electron chi connectivity index (χ0n) is 14.9. The molecular weight excluding hydrogens is 382 g/mol. The number of nitro benzene ring substituents is 1. The number of aryl methyl sites for hydroxylation is 1. The second-order valence-corrected chi connectivity index (χ2v) is 6.66. The normalized spacial score (nSPS) is 11.3. The third-order valence-electron chi connectivity index (χ3n) is 3.55. The number of hydrogen-bond acceptors (Lipinski definition) is 9. The molecule has 0 aliphatic heterocycles. The van der Waals surface area contributed by atoms with Crippen LogP contribution < -0.4 is 5.43 Å². The highest BCUT2D eigenvalue weighted by Gasteiger charge is 2.16. The Morgan fingerprint density at radius 3 is 2.68 bits per heavy atom. The SMILES string of the molecule is CC(=O)/C(=N\Nc1cccc([N+](=O)[O-])c1)Sc1nnnn1-c1ccc(C)cc1. The molecule has 3 aromatic rings. The molecule has 0 saturated carbocycles. The number of nitro groups is 1. The largest absolute Gasteiger partial charge is 0.292 e. The molecule has 0 aliphatic rings. The van der Waals surface area contributed by atoms with Crippen LogP contribution in [-0.4, -0.2) is 36.0 Å². The van der Waals surface area contributed by atoms with Gasteiger partial charge in [-0.1, -0.05) is 23.8 Å². The Bertz CT molecular complexity index is 1050. The van der Waals surface area contributed by atoms with Crippen LogP contribution in [-0.2, 0) is 4.79 Å². The zero-order chi connectivity index (χ0) is 20.1. The lowest BCUT2D eigenvalue weighted by Crippen LogP contribution is -2.10. The van der Waals surface area contributed by atoms with E-state index >= 15 is 0 Å². The molecule has 0 radical (unpaired) electrons. The van der Waals surface area contributed by atoms with Crippen LogP contribution in [0, 0.1) is 17.0 Å². The molecule has 0 amide bonds. The van der Waals surface area contributed by atoms with Gasteiger partial charge in [0.25, 0.3) is 5.69 Å². The number of anilines is 1. The number of thioether (sulfide) groups is 1. The lowest BCUT2D eigenvalue weighted by atomic mass is 10.2. The van der Waals surface area contributed by atoms with Crippen molar-refractivity contribution in [3.8, 4) is 5.69 Å². The molecule has 0 atom stereocenters. The first-order valence-corrected chi connectivity index (χ1v) is 8.88. The number of rotatable bonds is 6. The number of carbonyl (C=O) groups excluding carboxylic acids is 1. The molecule has 0 unspecified atom stereocenters. The summed E-state index contributed by atoms with van der Waals surface area (Å²) >= 11 is 0.990. The fourth-order valence-electron chi connectivity index (χ4n) is 2.15.